The van der Waals surface area contributed by atoms with Gasteiger partial charge < -0.3 is 9.84 Å². The summed E-state index contributed by atoms with van der Waals surface area (Å²) in [5.74, 6) is -1.66. The molecule has 1 heterocycles. The highest BCUT2D eigenvalue weighted by molar-refractivity contribution is 5.88. The van der Waals surface area contributed by atoms with Gasteiger partial charge in [-0.1, -0.05) is 12.1 Å². The number of ether oxygens (including phenoxy) is 1. The Hall–Kier alpha value is -2.47. The van der Waals surface area contributed by atoms with Gasteiger partial charge in [-0.3, -0.25) is 4.90 Å². The molecule has 2 aromatic rings. The second kappa shape index (κ2) is 8.11. The van der Waals surface area contributed by atoms with Gasteiger partial charge in [-0.15, -0.1) is 0 Å². The molecule has 2 fully saturated rings. The monoisotopic (exact) mass is 401 g/mol. The van der Waals surface area contributed by atoms with Crippen molar-refractivity contribution in [1.29, 1.82) is 0 Å². The van der Waals surface area contributed by atoms with Gasteiger partial charge in [0.1, 0.15) is 23.5 Å². The minimum absolute atomic E-state index is 0.0436. The maximum Gasteiger partial charge on any atom is 0.338 e. The van der Waals surface area contributed by atoms with Gasteiger partial charge in [-0.2, -0.15) is 0 Å². The molecule has 2 atom stereocenters. The van der Waals surface area contributed by atoms with Crippen molar-refractivity contribution in [3.63, 3.8) is 0 Å². The van der Waals surface area contributed by atoms with Gasteiger partial charge >= 0.3 is 5.97 Å². The van der Waals surface area contributed by atoms with E-state index in [1.807, 2.05) is 0 Å². The van der Waals surface area contributed by atoms with Crippen LogP contribution in [0.15, 0.2) is 36.4 Å². The van der Waals surface area contributed by atoms with Crippen molar-refractivity contribution >= 4 is 5.97 Å². The van der Waals surface area contributed by atoms with Gasteiger partial charge in [0.25, 0.3) is 0 Å². The van der Waals surface area contributed by atoms with E-state index >= 15 is 0 Å². The number of carbonyl (C=O) groups is 1. The summed E-state index contributed by atoms with van der Waals surface area (Å²) in [4.78, 5) is 13.6. The maximum atomic E-state index is 14.8. The molecule has 6 heteroatoms. The molecule has 4 rings (SSSR count). The predicted octanol–water partition coefficient (Wildman–Crippen LogP) is 5.14. The van der Waals surface area contributed by atoms with E-state index in [1.165, 1.54) is 18.2 Å². The lowest BCUT2D eigenvalue weighted by molar-refractivity contribution is 0.0646. The summed E-state index contributed by atoms with van der Waals surface area (Å²) in [5, 5.41) is 9.21. The standard InChI is InChI=1S/C23H25F2NO3/c1-14(15-6-8-17(24)9-7-15)26-12-2-3-18(13-26)29-20-11-10-19(23(27)28)22(25)21(20)16-4-5-16/h6-11,14,16,18H,2-5,12-13H2,1H3,(H,27,28)/t14-,18-/m1/s1. The summed E-state index contributed by atoms with van der Waals surface area (Å²) in [6, 6.07) is 9.56. The number of piperidine rings is 1. The van der Waals surface area contributed by atoms with Crippen LogP contribution in [0.3, 0.4) is 0 Å². The number of halogens is 2. The Balaban J connectivity index is 1.50. The Bertz CT molecular complexity index is 896. The lowest BCUT2D eigenvalue weighted by atomic mass is 10.0. The fourth-order valence-corrected chi connectivity index (χ4v) is 4.14. The first-order valence-corrected chi connectivity index (χ1v) is 10.2. The number of rotatable bonds is 6. The summed E-state index contributed by atoms with van der Waals surface area (Å²) in [6.07, 6.45) is 3.42. The third-order valence-electron chi connectivity index (χ3n) is 5.96. The van der Waals surface area contributed by atoms with Crippen molar-refractivity contribution in [2.24, 2.45) is 0 Å². The van der Waals surface area contributed by atoms with E-state index in [0.29, 0.717) is 17.9 Å². The molecule has 154 valence electrons. The Kier molecular flexibility index (Phi) is 5.54. The first-order chi connectivity index (χ1) is 13.9. The highest BCUT2D eigenvalue weighted by Gasteiger charge is 2.34. The number of hydrogen-bond donors (Lipinski definition) is 1. The normalized spacial score (nSPS) is 21.0. The summed E-state index contributed by atoms with van der Waals surface area (Å²) in [7, 11) is 0. The summed E-state index contributed by atoms with van der Waals surface area (Å²) >= 11 is 0. The van der Waals surface area contributed by atoms with Crippen molar-refractivity contribution in [2.75, 3.05) is 13.1 Å². The zero-order valence-electron chi connectivity index (χ0n) is 16.4. The topological polar surface area (TPSA) is 49.8 Å². The van der Waals surface area contributed by atoms with Crippen molar-refractivity contribution in [3.05, 3.63) is 64.7 Å². The molecule has 0 aromatic heterocycles. The van der Waals surface area contributed by atoms with Crippen molar-refractivity contribution in [1.82, 2.24) is 4.90 Å². The molecular weight excluding hydrogens is 376 g/mol. The quantitative estimate of drug-likeness (QED) is 0.728. The second-order valence-electron chi connectivity index (χ2n) is 8.02. The lowest BCUT2D eigenvalue weighted by Gasteiger charge is -2.37. The number of likely N-dealkylation sites (tertiary alicyclic amines) is 1. The minimum Gasteiger partial charge on any atom is -0.489 e. The number of benzene rings is 2. The fourth-order valence-electron chi connectivity index (χ4n) is 4.14. The molecule has 1 aliphatic heterocycles. The third kappa shape index (κ3) is 4.27. The SMILES string of the molecule is C[C@H](c1ccc(F)cc1)N1CCC[C@@H](Oc2ccc(C(=O)O)c(F)c2C2CC2)C1. The van der Waals surface area contributed by atoms with E-state index in [9.17, 15) is 18.7 Å². The molecule has 2 aromatic carbocycles. The summed E-state index contributed by atoms with van der Waals surface area (Å²) < 4.78 is 34.2. The lowest BCUT2D eigenvalue weighted by Crippen LogP contribution is -2.42. The predicted molar refractivity (Wildman–Crippen MR) is 105 cm³/mol. The molecule has 1 aliphatic carbocycles. The Morgan fingerprint density at radius 3 is 2.52 bits per heavy atom. The molecule has 0 amide bonds. The summed E-state index contributed by atoms with van der Waals surface area (Å²) in [6.45, 7) is 3.69. The van der Waals surface area contributed by atoms with Crippen LogP contribution in [0.5, 0.6) is 5.75 Å². The molecule has 1 saturated heterocycles. The van der Waals surface area contributed by atoms with Crippen molar-refractivity contribution in [3.8, 4) is 5.75 Å². The Labute approximate surface area is 169 Å². The number of carboxylic acids is 1. The van der Waals surface area contributed by atoms with Gasteiger partial charge in [-0.05, 0) is 74.9 Å². The van der Waals surface area contributed by atoms with E-state index in [0.717, 1.165) is 37.8 Å². The molecule has 1 saturated carbocycles. The average molecular weight is 401 g/mol. The van der Waals surface area contributed by atoms with Crippen LogP contribution in [0.2, 0.25) is 0 Å². The largest absolute Gasteiger partial charge is 0.489 e. The van der Waals surface area contributed by atoms with Crippen LogP contribution in [0.4, 0.5) is 8.78 Å². The van der Waals surface area contributed by atoms with Crippen molar-refractivity contribution in [2.45, 2.75) is 50.7 Å². The van der Waals surface area contributed by atoms with Gasteiger partial charge in [0.05, 0.1) is 5.56 Å². The van der Waals surface area contributed by atoms with E-state index < -0.39 is 11.8 Å². The smallest absolute Gasteiger partial charge is 0.338 e. The van der Waals surface area contributed by atoms with Gasteiger partial charge in [0.15, 0.2) is 0 Å². The van der Waals surface area contributed by atoms with Crippen LogP contribution >= 0.6 is 0 Å². The Morgan fingerprint density at radius 1 is 1.14 bits per heavy atom. The Morgan fingerprint density at radius 2 is 1.86 bits per heavy atom. The summed E-state index contributed by atoms with van der Waals surface area (Å²) in [5.41, 5.74) is 1.16. The molecule has 0 unspecified atom stereocenters. The molecular formula is C23H25F2NO3. The first kappa shape index (κ1) is 19.8. The maximum absolute atomic E-state index is 14.8. The van der Waals surface area contributed by atoms with E-state index in [1.54, 1.807) is 18.2 Å². The van der Waals surface area contributed by atoms with E-state index in [2.05, 4.69) is 11.8 Å². The van der Waals surface area contributed by atoms with Crippen LogP contribution in [-0.4, -0.2) is 35.2 Å². The molecule has 2 aliphatic rings. The molecule has 0 spiro atoms. The zero-order valence-corrected chi connectivity index (χ0v) is 16.4. The molecule has 29 heavy (non-hydrogen) atoms. The number of hydrogen-bond acceptors (Lipinski definition) is 3. The van der Waals surface area contributed by atoms with Crippen LogP contribution in [0.25, 0.3) is 0 Å². The van der Waals surface area contributed by atoms with E-state index in [4.69, 9.17) is 4.74 Å². The first-order valence-electron chi connectivity index (χ1n) is 10.2. The van der Waals surface area contributed by atoms with Crippen LogP contribution in [0.1, 0.15) is 66.1 Å². The van der Waals surface area contributed by atoms with Crippen LogP contribution in [-0.2, 0) is 0 Å². The molecule has 0 bridgehead atoms. The van der Waals surface area contributed by atoms with Crippen LogP contribution < -0.4 is 4.74 Å². The number of nitrogens with zero attached hydrogens (tertiary/aromatic N) is 1. The second-order valence-corrected chi connectivity index (χ2v) is 8.02. The molecule has 4 nitrogen and oxygen atoms in total. The highest BCUT2D eigenvalue weighted by Crippen LogP contribution is 2.46. The number of aromatic carboxylic acids is 1. The molecule has 1 N–H and O–H groups in total. The zero-order chi connectivity index (χ0) is 20.5. The fraction of sp³-hybridized carbons (Fsp3) is 0.435. The van der Waals surface area contributed by atoms with Gasteiger partial charge in [-0.25, -0.2) is 13.6 Å². The third-order valence-corrected chi connectivity index (χ3v) is 5.96. The average Bonchev–Trinajstić information content (AvgIpc) is 3.53. The van der Waals surface area contributed by atoms with Crippen LogP contribution in [0, 0.1) is 11.6 Å². The van der Waals surface area contributed by atoms with Gasteiger partial charge in [0.2, 0.25) is 0 Å². The number of carboxylic acid groups (broad SMARTS) is 1. The van der Waals surface area contributed by atoms with Crippen molar-refractivity contribution < 1.29 is 23.4 Å². The highest BCUT2D eigenvalue weighted by atomic mass is 19.1. The van der Waals surface area contributed by atoms with E-state index in [-0.39, 0.29) is 29.4 Å². The molecule has 0 radical (unpaired) electrons. The van der Waals surface area contributed by atoms with Gasteiger partial charge in [0, 0.05) is 18.2 Å². The minimum atomic E-state index is -1.26.